The summed E-state index contributed by atoms with van der Waals surface area (Å²) in [5, 5.41) is 0. The van der Waals surface area contributed by atoms with E-state index in [-0.39, 0.29) is 18.0 Å². The van der Waals surface area contributed by atoms with Crippen molar-refractivity contribution in [1.82, 2.24) is 9.80 Å². The average molecular weight is 383 g/mol. The monoisotopic (exact) mass is 382 g/mol. The van der Waals surface area contributed by atoms with Crippen molar-refractivity contribution in [1.29, 1.82) is 0 Å². The standard InChI is InChI=1S/C23H30N2O3/c1-17(18-9-6-5-7-10-18)24(2)23(26)16-25-14-8-11-21(25)20-13-12-19(27-3)15-22(20)28-4/h5-7,9-10,12-13,15,17,21H,8,11,14,16H2,1-4H3/t17-,21-/m1/s1. The Hall–Kier alpha value is -2.53. The Morgan fingerprint density at radius 3 is 2.61 bits per heavy atom. The van der Waals surface area contributed by atoms with Gasteiger partial charge in [-0.15, -0.1) is 0 Å². The van der Waals surface area contributed by atoms with Crippen LogP contribution in [0.1, 0.15) is 43.0 Å². The summed E-state index contributed by atoms with van der Waals surface area (Å²) < 4.78 is 10.9. The Bertz CT molecular complexity index is 794. The van der Waals surface area contributed by atoms with Gasteiger partial charge in [-0.25, -0.2) is 0 Å². The number of amides is 1. The quantitative estimate of drug-likeness (QED) is 0.724. The highest BCUT2D eigenvalue weighted by Crippen LogP contribution is 2.38. The van der Waals surface area contributed by atoms with Crippen molar-refractivity contribution in [3.8, 4) is 11.5 Å². The predicted molar refractivity (Wildman–Crippen MR) is 111 cm³/mol. The molecule has 1 saturated heterocycles. The van der Waals surface area contributed by atoms with Crippen LogP contribution < -0.4 is 9.47 Å². The number of likely N-dealkylation sites (tertiary alicyclic amines) is 1. The summed E-state index contributed by atoms with van der Waals surface area (Å²) in [6, 6.07) is 16.3. The molecular formula is C23H30N2O3. The fraction of sp³-hybridized carbons (Fsp3) is 0.435. The highest BCUT2D eigenvalue weighted by atomic mass is 16.5. The Morgan fingerprint density at radius 1 is 1.18 bits per heavy atom. The molecule has 2 aromatic carbocycles. The maximum absolute atomic E-state index is 13.0. The first kappa shape index (κ1) is 20.2. The molecule has 5 heteroatoms. The second kappa shape index (κ2) is 9.11. The normalized spacial score (nSPS) is 17.9. The van der Waals surface area contributed by atoms with Gasteiger partial charge in [0.15, 0.2) is 0 Å². The van der Waals surface area contributed by atoms with E-state index >= 15 is 0 Å². The third-order valence-electron chi connectivity index (χ3n) is 5.76. The van der Waals surface area contributed by atoms with Gasteiger partial charge in [0, 0.05) is 24.7 Å². The fourth-order valence-corrected chi connectivity index (χ4v) is 3.92. The van der Waals surface area contributed by atoms with Gasteiger partial charge < -0.3 is 14.4 Å². The van der Waals surface area contributed by atoms with Crippen LogP contribution in [0.25, 0.3) is 0 Å². The zero-order chi connectivity index (χ0) is 20.1. The van der Waals surface area contributed by atoms with Gasteiger partial charge in [-0.2, -0.15) is 0 Å². The predicted octanol–water partition coefficient (Wildman–Crippen LogP) is 4.06. The fourth-order valence-electron chi connectivity index (χ4n) is 3.92. The number of hydrogen-bond acceptors (Lipinski definition) is 4. The first-order valence-electron chi connectivity index (χ1n) is 9.81. The largest absolute Gasteiger partial charge is 0.497 e. The van der Waals surface area contributed by atoms with Crippen molar-refractivity contribution >= 4 is 5.91 Å². The van der Waals surface area contributed by atoms with E-state index in [1.165, 1.54) is 0 Å². The minimum absolute atomic E-state index is 0.0466. The number of methoxy groups -OCH3 is 2. The van der Waals surface area contributed by atoms with Crippen LogP contribution in [-0.4, -0.2) is 50.1 Å². The molecule has 28 heavy (non-hydrogen) atoms. The molecule has 0 aliphatic carbocycles. The zero-order valence-corrected chi connectivity index (χ0v) is 17.2. The molecule has 0 saturated carbocycles. The van der Waals surface area contributed by atoms with E-state index in [2.05, 4.69) is 30.0 Å². The van der Waals surface area contributed by atoms with E-state index in [1.807, 2.05) is 42.3 Å². The van der Waals surface area contributed by atoms with Crippen LogP contribution in [0, 0.1) is 0 Å². The van der Waals surface area contributed by atoms with Crippen LogP contribution in [-0.2, 0) is 4.79 Å². The van der Waals surface area contributed by atoms with Crippen LogP contribution in [0.2, 0.25) is 0 Å². The van der Waals surface area contributed by atoms with Crippen molar-refractivity contribution in [3.63, 3.8) is 0 Å². The molecule has 150 valence electrons. The van der Waals surface area contributed by atoms with E-state index < -0.39 is 0 Å². The lowest BCUT2D eigenvalue weighted by molar-refractivity contribution is -0.133. The number of carbonyl (C=O) groups is 1. The third-order valence-corrected chi connectivity index (χ3v) is 5.76. The molecule has 0 aromatic heterocycles. The van der Waals surface area contributed by atoms with Crippen LogP contribution in [0.5, 0.6) is 11.5 Å². The van der Waals surface area contributed by atoms with Crippen LogP contribution in [0.4, 0.5) is 0 Å². The summed E-state index contributed by atoms with van der Waals surface area (Å²) in [5.74, 6) is 1.73. The summed E-state index contributed by atoms with van der Waals surface area (Å²) in [6.45, 7) is 3.40. The molecule has 2 aromatic rings. The molecule has 1 amide bonds. The highest BCUT2D eigenvalue weighted by molar-refractivity contribution is 5.78. The topological polar surface area (TPSA) is 42.0 Å². The molecule has 0 radical (unpaired) electrons. The molecule has 0 N–H and O–H groups in total. The summed E-state index contributed by atoms with van der Waals surface area (Å²) in [4.78, 5) is 17.1. The lowest BCUT2D eigenvalue weighted by atomic mass is 10.0. The maximum Gasteiger partial charge on any atom is 0.237 e. The Balaban J connectivity index is 1.72. The third kappa shape index (κ3) is 4.30. The molecule has 1 aliphatic rings. The average Bonchev–Trinajstić information content (AvgIpc) is 3.20. The number of rotatable bonds is 7. The zero-order valence-electron chi connectivity index (χ0n) is 17.2. The van der Waals surface area contributed by atoms with Gasteiger partial charge in [-0.3, -0.25) is 9.69 Å². The first-order chi connectivity index (χ1) is 13.5. The van der Waals surface area contributed by atoms with Crippen LogP contribution >= 0.6 is 0 Å². The van der Waals surface area contributed by atoms with E-state index in [9.17, 15) is 4.79 Å². The van der Waals surface area contributed by atoms with Crippen molar-refractivity contribution in [2.45, 2.75) is 31.8 Å². The van der Waals surface area contributed by atoms with E-state index in [0.717, 1.165) is 42.0 Å². The minimum atomic E-state index is 0.0466. The molecule has 5 nitrogen and oxygen atoms in total. The van der Waals surface area contributed by atoms with Gasteiger partial charge in [0.2, 0.25) is 5.91 Å². The number of carbonyl (C=O) groups excluding carboxylic acids is 1. The Morgan fingerprint density at radius 2 is 1.93 bits per heavy atom. The van der Waals surface area contributed by atoms with Gasteiger partial charge in [0.25, 0.3) is 0 Å². The number of nitrogens with zero attached hydrogens (tertiary/aromatic N) is 2. The van der Waals surface area contributed by atoms with Crippen LogP contribution in [0.3, 0.4) is 0 Å². The molecule has 0 bridgehead atoms. The molecule has 0 unspecified atom stereocenters. The molecule has 2 atom stereocenters. The Kier molecular flexibility index (Phi) is 6.57. The highest BCUT2D eigenvalue weighted by Gasteiger charge is 2.31. The lowest BCUT2D eigenvalue weighted by Gasteiger charge is -2.30. The number of ether oxygens (including phenoxy) is 2. The van der Waals surface area contributed by atoms with E-state index in [1.54, 1.807) is 14.2 Å². The summed E-state index contributed by atoms with van der Waals surface area (Å²) in [6.07, 6.45) is 2.10. The summed E-state index contributed by atoms with van der Waals surface area (Å²) in [7, 11) is 5.22. The Labute approximate surface area is 167 Å². The molecule has 0 spiro atoms. The SMILES string of the molecule is COc1ccc([C@H]2CCCN2CC(=O)N(C)[C@H](C)c2ccccc2)c(OC)c1. The number of benzene rings is 2. The van der Waals surface area contributed by atoms with Crippen molar-refractivity contribution < 1.29 is 14.3 Å². The van der Waals surface area contributed by atoms with Crippen molar-refractivity contribution in [2.75, 3.05) is 34.4 Å². The molecule has 1 fully saturated rings. The van der Waals surface area contributed by atoms with Crippen LogP contribution in [0.15, 0.2) is 48.5 Å². The lowest BCUT2D eigenvalue weighted by Crippen LogP contribution is -2.39. The smallest absolute Gasteiger partial charge is 0.237 e. The van der Waals surface area contributed by atoms with Gasteiger partial charge in [-0.05, 0) is 37.9 Å². The van der Waals surface area contributed by atoms with Gasteiger partial charge in [-0.1, -0.05) is 36.4 Å². The second-order valence-electron chi connectivity index (χ2n) is 7.33. The van der Waals surface area contributed by atoms with Gasteiger partial charge in [0.05, 0.1) is 26.8 Å². The van der Waals surface area contributed by atoms with Gasteiger partial charge >= 0.3 is 0 Å². The van der Waals surface area contributed by atoms with Crippen molar-refractivity contribution in [3.05, 3.63) is 59.7 Å². The van der Waals surface area contributed by atoms with E-state index in [4.69, 9.17) is 9.47 Å². The van der Waals surface area contributed by atoms with Gasteiger partial charge in [0.1, 0.15) is 11.5 Å². The number of likely N-dealkylation sites (N-methyl/N-ethyl adjacent to an activating group) is 1. The van der Waals surface area contributed by atoms with E-state index in [0.29, 0.717) is 6.54 Å². The first-order valence-corrected chi connectivity index (χ1v) is 9.81. The molecular weight excluding hydrogens is 352 g/mol. The second-order valence-corrected chi connectivity index (χ2v) is 7.33. The summed E-state index contributed by atoms with van der Waals surface area (Å²) in [5.41, 5.74) is 2.26. The summed E-state index contributed by atoms with van der Waals surface area (Å²) >= 11 is 0. The minimum Gasteiger partial charge on any atom is -0.497 e. The number of hydrogen-bond donors (Lipinski definition) is 0. The molecule has 1 heterocycles. The van der Waals surface area contributed by atoms with Crippen molar-refractivity contribution in [2.24, 2.45) is 0 Å². The maximum atomic E-state index is 13.0. The molecule has 1 aliphatic heterocycles. The molecule has 3 rings (SSSR count).